The maximum Gasteiger partial charge on any atom is 0.254 e. The fraction of sp³-hybridized carbons (Fsp3) is 0.304. The number of morpholine rings is 1. The molecule has 0 radical (unpaired) electrons. The van der Waals surface area contributed by atoms with Gasteiger partial charge in [-0.25, -0.2) is 0 Å². The standard InChI is InChI=1S/C12H15NO2.C11H12N2O2/c1-10-2-4-11(5-3-10)12(14)13-6-8-15-9-7-13;1-8(14)11(13-9(2)15)7-10-3-5-12-6-4-10/h2-5H,6-9H2,1H3;3-7H,1-2H3,(H,13,15)/b;11-7-. The lowest BCUT2D eigenvalue weighted by Crippen LogP contribution is -2.40. The molecular weight excluding hydrogens is 382 g/mol. The van der Waals surface area contributed by atoms with Gasteiger partial charge in [0.15, 0.2) is 5.78 Å². The van der Waals surface area contributed by atoms with Crippen molar-refractivity contribution in [3.8, 4) is 0 Å². The maximum absolute atomic E-state index is 12.0. The van der Waals surface area contributed by atoms with E-state index in [1.165, 1.54) is 19.4 Å². The Kier molecular flexibility index (Phi) is 8.90. The Labute approximate surface area is 176 Å². The number of rotatable bonds is 4. The van der Waals surface area contributed by atoms with Crippen LogP contribution in [0.5, 0.6) is 0 Å². The number of nitrogens with zero attached hydrogens (tertiary/aromatic N) is 2. The van der Waals surface area contributed by atoms with Crippen LogP contribution in [0.4, 0.5) is 0 Å². The highest BCUT2D eigenvalue weighted by atomic mass is 16.5. The Morgan fingerprint density at radius 3 is 2.13 bits per heavy atom. The maximum atomic E-state index is 12.0. The highest BCUT2D eigenvalue weighted by Crippen LogP contribution is 2.08. The van der Waals surface area contributed by atoms with Crippen LogP contribution < -0.4 is 5.32 Å². The molecule has 2 heterocycles. The van der Waals surface area contributed by atoms with E-state index in [1.807, 2.05) is 36.1 Å². The first-order chi connectivity index (χ1) is 14.4. The first kappa shape index (κ1) is 23.0. The summed E-state index contributed by atoms with van der Waals surface area (Å²) in [5.41, 5.74) is 3.05. The second-order valence-corrected chi connectivity index (χ2v) is 6.85. The molecule has 1 aromatic heterocycles. The SMILES string of the molecule is CC(=O)N/C(=C\c1ccncc1)C(C)=O.Cc1ccc(C(=O)N2CCOCC2)cc1. The number of amides is 2. The van der Waals surface area contributed by atoms with Crippen molar-refractivity contribution < 1.29 is 19.1 Å². The number of allylic oxidation sites excluding steroid dienone is 1. The van der Waals surface area contributed by atoms with E-state index in [0.29, 0.717) is 26.3 Å². The van der Waals surface area contributed by atoms with E-state index in [-0.39, 0.29) is 23.3 Å². The molecule has 1 N–H and O–H groups in total. The van der Waals surface area contributed by atoms with Gasteiger partial charge in [-0.3, -0.25) is 19.4 Å². The molecule has 2 aromatic rings. The summed E-state index contributed by atoms with van der Waals surface area (Å²) < 4.78 is 5.21. The Bertz CT molecular complexity index is 886. The third kappa shape index (κ3) is 7.60. The topological polar surface area (TPSA) is 88.6 Å². The van der Waals surface area contributed by atoms with Crippen LogP contribution in [0.3, 0.4) is 0 Å². The molecule has 1 saturated heterocycles. The summed E-state index contributed by atoms with van der Waals surface area (Å²) >= 11 is 0. The molecule has 0 unspecified atom stereocenters. The monoisotopic (exact) mass is 409 g/mol. The van der Waals surface area contributed by atoms with Crippen molar-refractivity contribution in [1.29, 1.82) is 0 Å². The zero-order valence-corrected chi connectivity index (χ0v) is 17.6. The lowest BCUT2D eigenvalue weighted by molar-refractivity contribution is -0.120. The summed E-state index contributed by atoms with van der Waals surface area (Å²) in [5, 5.41) is 2.48. The van der Waals surface area contributed by atoms with Crippen molar-refractivity contribution >= 4 is 23.7 Å². The Balaban J connectivity index is 0.000000214. The predicted molar refractivity (Wildman–Crippen MR) is 115 cm³/mol. The number of hydrogen-bond acceptors (Lipinski definition) is 5. The van der Waals surface area contributed by atoms with E-state index in [1.54, 1.807) is 30.6 Å². The second kappa shape index (κ2) is 11.6. The largest absolute Gasteiger partial charge is 0.378 e. The van der Waals surface area contributed by atoms with Gasteiger partial charge in [-0.2, -0.15) is 0 Å². The van der Waals surface area contributed by atoms with Crippen LogP contribution >= 0.6 is 0 Å². The third-order valence-corrected chi connectivity index (χ3v) is 4.30. The van der Waals surface area contributed by atoms with Crippen molar-refractivity contribution in [3.05, 3.63) is 71.2 Å². The first-order valence-electron chi connectivity index (χ1n) is 9.70. The number of carbonyl (C=O) groups is 3. The highest BCUT2D eigenvalue weighted by Gasteiger charge is 2.17. The average molecular weight is 409 g/mol. The molecule has 158 valence electrons. The van der Waals surface area contributed by atoms with Gasteiger partial charge >= 0.3 is 0 Å². The van der Waals surface area contributed by atoms with Gasteiger partial charge in [0.25, 0.3) is 5.91 Å². The van der Waals surface area contributed by atoms with Gasteiger partial charge in [-0.15, -0.1) is 0 Å². The molecule has 1 aromatic carbocycles. The second-order valence-electron chi connectivity index (χ2n) is 6.85. The van der Waals surface area contributed by atoms with Gasteiger partial charge in [-0.1, -0.05) is 17.7 Å². The van der Waals surface area contributed by atoms with Crippen LogP contribution in [0.1, 0.15) is 35.3 Å². The molecule has 7 heteroatoms. The summed E-state index contributed by atoms with van der Waals surface area (Å²) in [6.45, 7) is 7.49. The molecule has 1 aliphatic heterocycles. The lowest BCUT2D eigenvalue weighted by atomic mass is 10.1. The molecular formula is C23H27N3O4. The molecule has 7 nitrogen and oxygen atoms in total. The number of nitrogens with one attached hydrogen (secondary N) is 1. The van der Waals surface area contributed by atoms with E-state index in [0.717, 1.165) is 11.1 Å². The van der Waals surface area contributed by atoms with Crippen LogP contribution in [-0.2, 0) is 14.3 Å². The quantitative estimate of drug-likeness (QED) is 0.784. The van der Waals surface area contributed by atoms with Crippen LogP contribution in [-0.4, -0.2) is 53.8 Å². The van der Waals surface area contributed by atoms with Gasteiger partial charge in [0, 0.05) is 44.9 Å². The Morgan fingerprint density at radius 1 is 1.00 bits per heavy atom. The summed E-state index contributed by atoms with van der Waals surface area (Å²) in [6.07, 6.45) is 4.86. The number of pyridine rings is 1. The molecule has 0 bridgehead atoms. The molecule has 1 fully saturated rings. The number of carbonyl (C=O) groups excluding carboxylic acids is 3. The minimum Gasteiger partial charge on any atom is -0.378 e. The number of aromatic nitrogens is 1. The van der Waals surface area contributed by atoms with Gasteiger partial charge in [0.2, 0.25) is 5.91 Å². The summed E-state index contributed by atoms with van der Waals surface area (Å²) in [4.78, 5) is 39.7. The number of benzene rings is 1. The van der Waals surface area contributed by atoms with Gasteiger partial charge in [0.1, 0.15) is 0 Å². The Hall–Kier alpha value is -3.32. The fourth-order valence-electron chi connectivity index (χ4n) is 2.69. The van der Waals surface area contributed by atoms with Gasteiger partial charge in [-0.05, 0) is 42.8 Å². The molecule has 3 rings (SSSR count). The van der Waals surface area contributed by atoms with Crippen LogP contribution in [0.15, 0.2) is 54.5 Å². The minimum absolute atomic E-state index is 0.110. The number of ketones is 1. The average Bonchev–Trinajstić information content (AvgIpc) is 2.75. The van der Waals surface area contributed by atoms with E-state index < -0.39 is 0 Å². The van der Waals surface area contributed by atoms with Crippen molar-refractivity contribution in [1.82, 2.24) is 15.2 Å². The highest BCUT2D eigenvalue weighted by molar-refractivity contribution is 6.00. The summed E-state index contributed by atoms with van der Waals surface area (Å²) in [6, 6.07) is 11.2. The minimum atomic E-state index is -0.259. The molecule has 0 atom stereocenters. The number of aryl methyl sites for hydroxylation is 1. The van der Waals surface area contributed by atoms with E-state index >= 15 is 0 Å². The van der Waals surface area contributed by atoms with Crippen molar-refractivity contribution in [2.45, 2.75) is 20.8 Å². The number of Topliss-reactive ketones (excluding diaryl/α,β-unsaturated/α-hetero) is 1. The van der Waals surface area contributed by atoms with Crippen LogP contribution in [0.25, 0.3) is 6.08 Å². The fourth-order valence-corrected chi connectivity index (χ4v) is 2.69. The normalized spacial score (nSPS) is 13.7. The molecule has 2 amide bonds. The molecule has 1 aliphatic rings. The van der Waals surface area contributed by atoms with E-state index in [4.69, 9.17) is 4.74 Å². The van der Waals surface area contributed by atoms with Crippen molar-refractivity contribution in [2.24, 2.45) is 0 Å². The molecule has 30 heavy (non-hydrogen) atoms. The number of ether oxygens (including phenoxy) is 1. The first-order valence-corrected chi connectivity index (χ1v) is 9.70. The van der Waals surface area contributed by atoms with E-state index in [2.05, 4.69) is 10.3 Å². The van der Waals surface area contributed by atoms with E-state index in [9.17, 15) is 14.4 Å². The zero-order chi connectivity index (χ0) is 21.9. The van der Waals surface area contributed by atoms with Crippen molar-refractivity contribution in [3.63, 3.8) is 0 Å². The predicted octanol–water partition coefficient (Wildman–Crippen LogP) is 2.62. The molecule has 0 saturated carbocycles. The Morgan fingerprint density at radius 2 is 1.60 bits per heavy atom. The molecule has 0 spiro atoms. The zero-order valence-electron chi connectivity index (χ0n) is 17.6. The summed E-state index contributed by atoms with van der Waals surface area (Å²) in [5.74, 6) is -0.328. The van der Waals surface area contributed by atoms with Crippen LogP contribution in [0, 0.1) is 6.92 Å². The van der Waals surface area contributed by atoms with Gasteiger partial charge < -0.3 is 15.0 Å². The van der Waals surface area contributed by atoms with Crippen molar-refractivity contribution in [2.75, 3.05) is 26.3 Å². The summed E-state index contributed by atoms with van der Waals surface area (Å²) in [7, 11) is 0. The smallest absolute Gasteiger partial charge is 0.254 e. The lowest BCUT2D eigenvalue weighted by Gasteiger charge is -2.26. The third-order valence-electron chi connectivity index (χ3n) is 4.30. The van der Waals surface area contributed by atoms with Gasteiger partial charge in [0.05, 0.1) is 18.9 Å². The van der Waals surface area contributed by atoms with Crippen LogP contribution in [0.2, 0.25) is 0 Å². The molecule has 0 aliphatic carbocycles. The number of hydrogen-bond donors (Lipinski definition) is 1.